The Bertz CT molecular complexity index is 997. The smallest absolute Gasteiger partial charge is 0.277 e. The van der Waals surface area contributed by atoms with Crippen LogP contribution in [-0.2, 0) is 4.79 Å². The highest BCUT2D eigenvalue weighted by Gasteiger charge is 2.08. The van der Waals surface area contributed by atoms with Crippen molar-refractivity contribution in [2.24, 2.45) is 5.10 Å². The molecule has 1 aromatic heterocycles. The molecule has 0 aliphatic carbocycles. The monoisotopic (exact) mass is 491 g/mol. The normalized spacial score (nSPS) is 10.8. The van der Waals surface area contributed by atoms with E-state index < -0.39 is 10.8 Å². The minimum Gasteiger partial charge on any atom is -0.484 e. The van der Waals surface area contributed by atoms with Crippen molar-refractivity contribution in [3.05, 3.63) is 80.1 Å². The molecular formula is C19H14IN3O5. The highest BCUT2D eigenvalue weighted by molar-refractivity contribution is 14.1. The first kappa shape index (κ1) is 19.5. The summed E-state index contributed by atoms with van der Waals surface area (Å²) in [6.07, 6.45) is 1.36. The molecule has 0 saturated carbocycles. The summed E-state index contributed by atoms with van der Waals surface area (Å²) < 4.78 is 12.0. The van der Waals surface area contributed by atoms with Crippen molar-refractivity contribution in [2.45, 2.75) is 0 Å². The van der Waals surface area contributed by atoms with Gasteiger partial charge in [0.05, 0.1) is 11.1 Å². The number of furan rings is 1. The Morgan fingerprint density at radius 2 is 1.86 bits per heavy atom. The fraction of sp³-hybridized carbons (Fsp3) is 0.0526. The second kappa shape index (κ2) is 9.13. The average Bonchev–Trinajstić information content (AvgIpc) is 3.16. The van der Waals surface area contributed by atoms with Gasteiger partial charge in [-0.15, -0.1) is 0 Å². The van der Waals surface area contributed by atoms with Gasteiger partial charge in [0.1, 0.15) is 17.3 Å². The van der Waals surface area contributed by atoms with Crippen molar-refractivity contribution >= 4 is 40.4 Å². The molecule has 1 amide bonds. The van der Waals surface area contributed by atoms with E-state index in [9.17, 15) is 14.9 Å². The summed E-state index contributed by atoms with van der Waals surface area (Å²) in [5.41, 5.74) is 3.05. The zero-order valence-corrected chi connectivity index (χ0v) is 16.5. The van der Waals surface area contributed by atoms with Gasteiger partial charge in [-0.05, 0) is 71.1 Å². The molecule has 2 aromatic carbocycles. The van der Waals surface area contributed by atoms with Crippen LogP contribution in [0, 0.1) is 13.7 Å². The van der Waals surface area contributed by atoms with Crippen LogP contribution < -0.4 is 10.2 Å². The topological polar surface area (TPSA) is 107 Å². The van der Waals surface area contributed by atoms with Crippen molar-refractivity contribution < 1.29 is 18.9 Å². The highest BCUT2D eigenvalue weighted by Crippen LogP contribution is 2.24. The second-order valence-corrected chi connectivity index (χ2v) is 6.79. The number of non-ortho nitro benzene ring substituents is 1. The number of nitro groups is 1. The van der Waals surface area contributed by atoms with E-state index in [1.165, 1.54) is 18.3 Å². The SMILES string of the molecule is O=C(COc1ccc(I)cc1)N/N=C\c1ccc(-c2ccc([N+](=O)[O-])cc2)o1. The van der Waals surface area contributed by atoms with E-state index >= 15 is 0 Å². The third-order valence-electron chi connectivity index (χ3n) is 3.55. The number of hydrogen-bond donors (Lipinski definition) is 1. The van der Waals surface area contributed by atoms with Crippen LogP contribution in [0.15, 0.2) is 70.2 Å². The number of benzene rings is 2. The number of hydrogen-bond acceptors (Lipinski definition) is 6. The van der Waals surface area contributed by atoms with Crippen LogP contribution in [0.25, 0.3) is 11.3 Å². The Hall–Kier alpha value is -3.21. The number of nitro benzene ring substituents is 1. The van der Waals surface area contributed by atoms with Gasteiger partial charge in [0.2, 0.25) is 0 Å². The lowest BCUT2D eigenvalue weighted by molar-refractivity contribution is -0.384. The molecule has 0 radical (unpaired) electrons. The molecule has 1 N–H and O–H groups in total. The van der Waals surface area contributed by atoms with Gasteiger partial charge in [0.15, 0.2) is 6.61 Å². The van der Waals surface area contributed by atoms with Crippen LogP contribution in [0.1, 0.15) is 5.76 Å². The van der Waals surface area contributed by atoms with Gasteiger partial charge < -0.3 is 9.15 Å². The van der Waals surface area contributed by atoms with Crippen LogP contribution in [0.2, 0.25) is 0 Å². The van der Waals surface area contributed by atoms with E-state index in [-0.39, 0.29) is 12.3 Å². The first-order valence-corrected chi connectivity index (χ1v) is 9.14. The molecule has 142 valence electrons. The third-order valence-corrected chi connectivity index (χ3v) is 4.27. The second-order valence-electron chi connectivity index (χ2n) is 5.54. The average molecular weight is 491 g/mol. The van der Waals surface area contributed by atoms with E-state index in [0.29, 0.717) is 22.8 Å². The largest absolute Gasteiger partial charge is 0.484 e. The lowest BCUT2D eigenvalue weighted by Gasteiger charge is -2.04. The molecule has 0 aliphatic rings. The van der Waals surface area contributed by atoms with Gasteiger partial charge in [0.25, 0.3) is 11.6 Å². The molecule has 0 spiro atoms. The van der Waals surface area contributed by atoms with Gasteiger partial charge in [0, 0.05) is 21.3 Å². The van der Waals surface area contributed by atoms with Crippen molar-refractivity contribution in [3.63, 3.8) is 0 Å². The van der Waals surface area contributed by atoms with E-state index in [4.69, 9.17) is 9.15 Å². The summed E-state index contributed by atoms with van der Waals surface area (Å²) in [4.78, 5) is 22.0. The molecule has 0 unspecified atom stereocenters. The first-order valence-electron chi connectivity index (χ1n) is 8.06. The molecule has 3 rings (SSSR count). The number of ether oxygens (including phenoxy) is 1. The van der Waals surface area contributed by atoms with Gasteiger partial charge >= 0.3 is 0 Å². The summed E-state index contributed by atoms with van der Waals surface area (Å²) in [6, 6.07) is 16.7. The Morgan fingerprint density at radius 3 is 2.54 bits per heavy atom. The number of amides is 1. The lowest BCUT2D eigenvalue weighted by Crippen LogP contribution is -2.24. The summed E-state index contributed by atoms with van der Waals surface area (Å²) in [5.74, 6) is 1.15. The number of carbonyl (C=O) groups excluding carboxylic acids is 1. The zero-order valence-electron chi connectivity index (χ0n) is 14.4. The summed E-state index contributed by atoms with van der Waals surface area (Å²) in [6.45, 7) is -0.163. The minimum absolute atomic E-state index is 0.00672. The molecule has 28 heavy (non-hydrogen) atoms. The van der Waals surface area contributed by atoms with Crippen LogP contribution in [0.5, 0.6) is 5.75 Å². The van der Waals surface area contributed by atoms with Crippen LogP contribution >= 0.6 is 22.6 Å². The van der Waals surface area contributed by atoms with E-state index in [0.717, 1.165) is 3.57 Å². The minimum atomic E-state index is -0.463. The number of rotatable bonds is 7. The standard InChI is InChI=1S/C19H14IN3O5/c20-14-3-7-16(8-4-14)27-12-19(24)22-21-11-17-9-10-18(28-17)13-1-5-15(6-2-13)23(25)26/h1-11H,12H2,(H,22,24)/b21-11-. The summed E-state index contributed by atoms with van der Waals surface area (Å²) in [7, 11) is 0. The maximum Gasteiger partial charge on any atom is 0.277 e. The maximum absolute atomic E-state index is 11.8. The lowest BCUT2D eigenvalue weighted by atomic mass is 10.1. The molecule has 0 aliphatic heterocycles. The predicted octanol–water partition coefficient (Wildman–Crippen LogP) is 3.99. The molecule has 0 saturated heterocycles. The molecule has 3 aromatic rings. The quantitative estimate of drug-likeness (QED) is 0.233. The number of nitrogens with one attached hydrogen (secondary N) is 1. The van der Waals surface area contributed by atoms with Crippen LogP contribution in [0.3, 0.4) is 0 Å². The molecule has 0 fully saturated rings. The van der Waals surface area contributed by atoms with Gasteiger partial charge in [-0.1, -0.05) is 0 Å². The molecule has 0 atom stereocenters. The van der Waals surface area contributed by atoms with Crippen LogP contribution in [0.4, 0.5) is 5.69 Å². The fourth-order valence-electron chi connectivity index (χ4n) is 2.20. The number of nitrogens with zero attached hydrogens (tertiary/aromatic N) is 2. The maximum atomic E-state index is 11.8. The van der Waals surface area contributed by atoms with E-state index in [1.54, 1.807) is 36.4 Å². The van der Waals surface area contributed by atoms with Gasteiger partial charge in [-0.25, -0.2) is 5.43 Å². The zero-order chi connectivity index (χ0) is 19.9. The van der Waals surface area contributed by atoms with E-state index in [1.807, 2.05) is 12.1 Å². The van der Waals surface area contributed by atoms with Crippen molar-refractivity contribution in [3.8, 4) is 17.1 Å². The molecule has 1 heterocycles. The predicted molar refractivity (Wildman–Crippen MR) is 111 cm³/mol. The molecule has 0 bridgehead atoms. The Balaban J connectivity index is 1.51. The molecular weight excluding hydrogens is 477 g/mol. The van der Waals surface area contributed by atoms with Crippen molar-refractivity contribution in [1.82, 2.24) is 5.43 Å². The Morgan fingerprint density at radius 1 is 1.14 bits per heavy atom. The number of carbonyl (C=O) groups is 1. The van der Waals surface area contributed by atoms with Crippen molar-refractivity contribution in [1.29, 1.82) is 0 Å². The van der Waals surface area contributed by atoms with Gasteiger partial charge in [-0.3, -0.25) is 14.9 Å². The van der Waals surface area contributed by atoms with Crippen molar-refractivity contribution in [2.75, 3.05) is 6.61 Å². The molecule has 9 heteroatoms. The highest BCUT2D eigenvalue weighted by atomic mass is 127. The first-order chi connectivity index (χ1) is 13.5. The molecule has 8 nitrogen and oxygen atoms in total. The Labute approximate surface area is 173 Å². The van der Waals surface area contributed by atoms with Gasteiger partial charge in [-0.2, -0.15) is 5.10 Å². The number of hydrazone groups is 1. The number of halogens is 1. The fourth-order valence-corrected chi connectivity index (χ4v) is 2.56. The van der Waals surface area contributed by atoms with Crippen LogP contribution in [-0.4, -0.2) is 23.7 Å². The summed E-state index contributed by atoms with van der Waals surface area (Å²) in [5, 5.41) is 14.5. The Kier molecular flexibility index (Phi) is 6.37. The van der Waals surface area contributed by atoms with E-state index in [2.05, 4.69) is 33.1 Å². The summed E-state index contributed by atoms with van der Waals surface area (Å²) >= 11 is 2.18. The third kappa shape index (κ3) is 5.39.